The number of hydrogen-bond acceptors (Lipinski definition) is 4. The van der Waals surface area contributed by atoms with E-state index in [4.69, 9.17) is 21.1 Å². The summed E-state index contributed by atoms with van der Waals surface area (Å²) in [5.74, 6) is -0.969. The molecule has 0 unspecified atom stereocenters. The van der Waals surface area contributed by atoms with Crippen LogP contribution in [-0.4, -0.2) is 17.6 Å². The Labute approximate surface area is 216 Å². The van der Waals surface area contributed by atoms with Gasteiger partial charge >= 0.3 is 12.1 Å². The molecule has 0 saturated heterocycles. The van der Waals surface area contributed by atoms with Crippen LogP contribution in [0.3, 0.4) is 0 Å². The van der Waals surface area contributed by atoms with Crippen molar-refractivity contribution in [2.24, 2.45) is 0 Å². The van der Waals surface area contributed by atoms with Gasteiger partial charge in [0.25, 0.3) is 0 Å². The van der Waals surface area contributed by atoms with Crippen molar-refractivity contribution in [1.29, 1.82) is 0 Å². The average Bonchev–Trinajstić information content (AvgIpc) is 3.33. The first-order chi connectivity index (χ1) is 17.6. The van der Waals surface area contributed by atoms with Crippen molar-refractivity contribution in [1.82, 2.24) is 4.98 Å². The molecule has 2 aromatic carbocycles. The lowest BCUT2D eigenvalue weighted by Gasteiger charge is -2.18. The predicted octanol–water partition coefficient (Wildman–Crippen LogP) is 8.05. The number of rotatable bonds is 7. The van der Waals surface area contributed by atoms with Crippen LogP contribution >= 0.6 is 11.6 Å². The van der Waals surface area contributed by atoms with E-state index in [1.165, 1.54) is 24.3 Å². The topological polar surface area (TPSA) is 48.4 Å². The SMILES string of the molecule is CCOC(=O)c1nc(C2=C(c3cc(C(F)(F)F)ccc3OCc3c(F)cccc3Cl)CCC2)ccc1C. The Balaban J connectivity index is 1.80. The van der Waals surface area contributed by atoms with Crippen LogP contribution in [0.15, 0.2) is 48.5 Å². The second-order valence-electron chi connectivity index (χ2n) is 8.59. The summed E-state index contributed by atoms with van der Waals surface area (Å²) in [7, 11) is 0. The maximum atomic E-state index is 14.3. The van der Waals surface area contributed by atoms with Gasteiger partial charge in [-0.15, -0.1) is 0 Å². The number of halogens is 5. The Morgan fingerprint density at radius 2 is 1.84 bits per heavy atom. The summed E-state index contributed by atoms with van der Waals surface area (Å²) in [6, 6.07) is 10.9. The first-order valence-electron chi connectivity index (χ1n) is 11.7. The van der Waals surface area contributed by atoms with Crippen molar-refractivity contribution in [3.8, 4) is 5.75 Å². The van der Waals surface area contributed by atoms with E-state index in [0.717, 1.165) is 17.7 Å². The molecule has 0 saturated carbocycles. The second-order valence-corrected chi connectivity index (χ2v) is 9.00. The molecule has 4 nitrogen and oxygen atoms in total. The van der Waals surface area contributed by atoms with Crippen molar-refractivity contribution in [2.45, 2.75) is 45.9 Å². The highest BCUT2D eigenvalue weighted by Crippen LogP contribution is 2.44. The quantitative estimate of drug-likeness (QED) is 0.228. The molecule has 0 atom stereocenters. The summed E-state index contributed by atoms with van der Waals surface area (Å²) in [5, 5.41) is 0.157. The summed E-state index contributed by atoms with van der Waals surface area (Å²) in [4.78, 5) is 16.9. The molecule has 1 aliphatic rings. The normalized spacial score (nSPS) is 13.7. The number of carbonyl (C=O) groups is 1. The Kier molecular flexibility index (Phi) is 7.87. The first kappa shape index (κ1) is 26.7. The van der Waals surface area contributed by atoms with Gasteiger partial charge in [-0.25, -0.2) is 14.2 Å². The van der Waals surface area contributed by atoms with E-state index < -0.39 is 23.5 Å². The van der Waals surface area contributed by atoms with Crippen molar-refractivity contribution in [3.05, 3.63) is 93.0 Å². The molecule has 9 heteroatoms. The van der Waals surface area contributed by atoms with Gasteiger partial charge in [0.2, 0.25) is 0 Å². The highest BCUT2D eigenvalue weighted by molar-refractivity contribution is 6.31. The molecule has 194 valence electrons. The number of benzene rings is 2. The maximum Gasteiger partial charge on any atom is 0.416 e. The summed E-state index contributed by atoms with van der Waals surface area (Å²) in [6.07, 6.45) is -2.84. The minimum absolute atomic E-state index is 0.106. The van der Waals surface area contributed by atoms with Gasteiger partial charge in [-0.1, -0.05) is 23.7 Å². The molecule has 37 heavy (non-hydrogen) atoms. The molecule has 0 fully saturated rings. The molecule has 1 aliphatic carbocycles. The Morgan fingerprint density at radius 1 is 1.08 bits per heavy atom. The number of esters is 1. The van der Waals surface area contributed by atoms with E-state index in [1.807, 2.05) is 0 Å². The Hall–Kier alpha value is -3.39. The van der Waals surface area contributed by atoms with Gasteiger partial charge in [-0.05, 0) is 86.2 Å². The van der Waals surface area contributed by atoms with E-state index in [2.05, 4.69) is 4.98 Å². The smallest absolute Gasteiger partial charge is 0.416 e. The van der Waals surface area contributed by atoms with Crippen LogP contribution in [0, 0.1) is 12.7 Å². The van der Waals surface area contributed by atoms with E-state index in [-0.39, 0.29) is 40.8 Å². The lowest BCUT2D eigenvalue weighted by molar-refractivity contribution is -0.137. The number of alkyl halides is 3. The molecule has 0 N–H and O–H groups in total. The number of allylic oxidation sites excluding steroid dienone is 2. The fourth-order valence-electron chi connectivity index (χ4n) is 4.31. The van der Waals surface area contributed by atoms with E-state index in [9.17, 15) is 22.4 Å². The van der Waals surface area contributed by atoms with Gasteiger partial charge < -0.3 is 9.47 Å². The van der Waals surface area contributed by atoms with Gasteiger partial charge in [0.1, 0.15) is 18.2 Å². The molecule has 0 bridgehead atoms. The van der Waals surface area contributed by atoms with Crippen molar-refractivity contribution >= 4 is 28.7 Å². The summed E-state index contributed by atoms with van der Waals surface area (Å²) >= 11 is 6.10. The summed E-state index contributed by atoms with van der Waals surface area (Å²) in [6.45, 7) is 3.36. The van der Waals surface area contributed by atoms with Crippen LogP contribution in [0.5, 0.6) is 5.75 Å². The maximum absolute atomic E-state index is 14.3. The second kappa shape index (κ2) is 10.9. The number of pyridine rings is 1. The van der Waals surface area contributed by atoms with E-state index in [0.29, 0.717) is 36.1 Å². The molecular formula is C28H24ClF4NO3. The largest absolute Gasteiger partial charge is 0.488 e. The summed E-state index contributed by atoms with van der Waals surface area (Å²) < 4.78 is 66.1. The number of aryl methyl sites for hydroxylation is 1. The van der Waals surface area contributed by atoms with Gasteiger partial charge in [-0.3, -0.25) is 0 Å². The highest BCUT2D eigenvalue weighted by Gasteiger charge is 2.32. The van der Waals surface area contributed by atoms with Crippen molar-refractivity contribution in [3.63, 3.8) is 0 Å². The molecule has 0 radical (unpaired) electrons. The third-order valence-electron chi connectivity index (χ3n) is 6.16. The number of hydrogen-bond donors (Lipinski definition) is 0. The summed E-state index contributed by atoms with van der Waals surface area (Å²) in [5.41, 5.74) is 2.15. The van der Waals surface area contributed by atoms with Gasteiger partial charge in [-0.2, -0.15) is 13.2 Å². The number of carbonyl (C=O) groups excluding carboxylic acids is 1. The van der Waals surface area contributed by atoms with Crippen molar-refractivity contribution in [2.75, 3.05) is 6.61 Å². The fraction of sp³-hybridized carbons (Fsp3) is 0.286. The zero-order valence-corrected chi connectivity index (χ0v) is 21.0. The zero-order chi connectivity index (χ0) is 26.7. The Bertz CT molecular complexity index is 1350. The van der Waals surface area contributed by atoms with Crippen LogP contribution < -0.4 is 4.74 Å². The van der Waals surface area contributed by atoms with Crippen LogP contribution in [-0.2, 0) is 17.5 Å². The third kappa shape index (κ3) is 5.80. The lowest BCUT2D eigenvalue weighted by Crippen LogP contribution is -2.10. The molecule has 4 rings (SSSR count). The van der Waals surface area contributed by atoms with Crippen LogP contribution in [0.4, 0.5) is 17.6 Å². The standard InChI is InChI=1S/C28H24ClF4NO3/c1-3-36-27(35)26-16(2)10-12-24(34-26)19-7-4-6-18(19)20-14-17(28(31,32)33)11-13-25(20)37-15-21-22(29)8-5-9-23(21)30/h5,8-14H,3-4,6-7,15H2,1-2H3. The molecular weight excluding hydrogens is 510 g/mol. The molecule has 1 aromatic heterocycles. The average molecular weight is 534 g/mol. The minimum atomic E-state index is -4.57. The molecule has 0 amide bonds. The number of nitrogens with zero attached hydrogens (tertiary/aromatic N) is 1. The first-order valence-corrected chi connectivity index (χ1v) is 12.1. The predicted molar refractivity (Wildman–Crippen MR) is 133 cm³/mol. The van der Waals surface area contributed by atoms with Crippen LogP contribution in [0.1, 0.15) is 64.6 Å². The van der Waals surface area contributed by atoms with Crippen LogP contribution in [0.25, 0.3) is 11.1 Å². The lowest BCUT2D eigenvalue weighted by atomic mass is 9.96. The van der Waals surface area contributed by atoms with Gasteiger partial charge in [0, 0.05) is 11.1 Å². The monoisotopic (exact) mass is 533 g/mol. The number of ether oxygens (including phenoxy) is 2. The van der Waals surface area contributed by atoms with Crippen LogP contribution in [0.2, 0.25) is 5.02 Å². The fourth-order valence-corrected chi connectivity index (χ4v) is 4.53. The molecule has 1 heterocycles. The molecule has 3 aromatic rings. The van der Waals surface area contributed by atoms with Gasteiger partial charge in [0.15, 0.2) is 5.69 Å². The third-order valence-corrected chi connectivity index (χ3v) is 6.51. The Morgan fingerprint density at radius 3 is 2.54 bits per heavy atom. The van der Waals surface area contributed by atoms with Crippen molar-refractivity contribution < 1.29 is 31.8 Å². The zero-order valence-electron chi connectivity index (χ0n) is 20.2. The van der Waals surface area contributed by atoms with E-state index in [1.54, 1.807) is 26.0 Å². The van der Waals surface area contributed by atoms with E-state index >= 15 is 0 Å². The molecule has 0 spiro atoms. The number of aromatic nitrogens is 1. The molecule has 0 aliphatic heterocycles. The highest BCUT2D eigenvalue weighted by atomic mass is 35.5. The van der Waals surface area contributed by atoms with Gasteiger partial charge in [0.05, 0.1) is 22.9 Å². The minimum Gasteiger partial charge on any atom is -0.488 e.